The molecule has 1 N–H and O–H groups in total. The van der Waals surface area contributed by atoms with Crippen LogP contribution < -0.4 is 5.32 Å². The van der Waals surface area contributed by atoms with Crippen LogP contribution in [0.4, 0.5) is 0 Å². The Balaban J connectivity index is 1.81. The van der Waals surface area contributed by atoms with Gasteiger partial charge in [-0.25, -0.2) is 0 Å². The standard InChI is InChI=1S/C13H25N/c1-10(2)13(3)8-7-12(9-13)14-11-5-4-6-11/h10-12,14H,4-9H2,1-3H3. The molecule has 2 fully saturated rings. The molecule has 2 aliphatic carbocycles. The van der Waals surface area contributed by atoms with Gasteiger partial charge in [0.15, 0.2) is 0 Å². The summed E-state index contributed by atoms with van der Waals surface area (Å²) in [7, 11) is 0. The van der Waals surface area contributed by atoms with Crippen LogP contribution in [0.3, 0.4) is 0 Å². The molecule has 0 saturated heterocycles. The van der Waals surface area contributed by atoms with Gasteiger partial charge in [0, 0.05) is 12.1 Å². The van der Waals surface area contributed by atoms with Crippen LogP contribution in [0.25, 0.3) is 0 Å². The van der Waals surface area contributed by atoms with Crippen LogP contribution in [0.1, 0.15) is 59.3 Å². The van der Waals surface area contributed by atoms with Gasteiger partial charge in [-0.2, -0.15) is 0 Å². The van der Waals surface area contributed by atoms with Gasteiger partial charge in [-0.1, -0.05) is 27.2 Å². The van der Waals surface area contributed by atoms with E-state index in [1.165, 1.54) is 38.5 Å². The highest BCUT2D eigenvalue weighted by molar-refractivity contribution is 4.93. The van der Waals surface area contributed by atoms with Gasteiger partial charge in [-0.3, -0.25) is 0 Å². The fourth-order valence-electron chi connectivity index (χ4n) is 2.85. The third kappa shape index (κ3) is 1.98. The van der Waals surface area contributed by atoms with Crippen LogP contribution in [-0.4, -0.2) is 12.1 Å². The van der Waals surface area contributed by atoms with E-state index in [1.54, 1.807) is 0 Å². The maximum atomic E-state index is 3.83. The first-order chi connectivity index (χ1) is 6.60. The summed E-state index contributed by atoms with van der Waals surface area (Å²) in [5.41, 5.74) is 0.613. The Bertz CT molecular complexity index is 195. The Morgan fingerprint density at radius 1 is 1.14 bits per heavy atom. The Labute approximate surface area is 88.7 Å². The number of nitrogens with one attached hydrogen (secondary N) is 1. The van der Waals surface area contributed by atoms with Gasteiger partial charge >= 0.3 is 0 Å². The molecule has 0 aromatic carbocycles. The molecule has 2 atom stereocenters. The summed E-state index contributed by atoms with van der Waals surface area (Å²) in [6, 6.07) is 1.70. The lowest BCUT2D eigenvalue weighted by Gasteiger charge is -2.32. The van der Waals surface area contributed by atoms with Crippen LogP contribution in [0.5, 0.6) is 0 Å². The quantitative estimate of drug-likeness (QED) is 0.728. The average molecular weight is 195 g/mol. The van der Waals surface area contributed by atoms with Gasteiger partial charge in [0.25, 0.3) is 0 Å². The summed E-state index contributed by atoms with van der Waals surface area (Å²) < 4.78 is 0. The van der Waals surface area contributed by atoms with E-state index in [0.717, 1.165) is 18.0 Å². The van der Waals surface area contributed by atoms with Crippen molar-refractivity contribution in [3.63, 3.8) is 0 Å². The van der Waals surface area contributed by atoms with Crippen molar-refractivity contribution >= 4 is 0 Å². The molecular weight excluding hydrogens is 170 g/mol. The van der Waals surface area contributed by atoms with E-state index < -0.39 is 0 Å². The molecule has 82 valence electrons. The van der Waals surface area contributed by atoms with Crippen LogP contribution in [0, 0.1) is 11.3 Å². The molecule has 1 nitrogen and oxygen atoms in total. The summed E-state index contributed by atoms with van der Waals surface area (Å²) in [5, 5.41) is 3.83. The zero-order valence-electron chi connectivity index (χ0n) is 9.97. The van der Waals surface area contributed by atoms with E-state index in [1.807, 2.05) is 0 Å². The molecule has 0 aliphatic heterocycles. The van der Waals surface area contributed by atoms with Crippen molar-refractivity contribution in [3.8, 4) is 0 Å². The SMILES string of the molecule is CC(C)C1(C)CCC(NC2CCC2)C1. The van der Waals surface area contributed by atoms with Crippen molar-refractivity contribution < 1.29 is 0 Å². The van der Waals surface area contributed by atoms with Gasteiger partial charge in [-0.05, 0) is 43.4 Å². The van der Waals surface area contributed by atoms with Crippen LogP contribution in [0.2, 0.25) is 0 Å². The lowest BCUT2D eigenvalue weighted by Crippen LogP contribution is -2.41. The number of hydrogen-bond donors (Lipinski definition) is 1. The third-order valence-electron chi connectivity index (χ3n) is 4.75. The third-order valence-corrected chi connectivity index (χ3v) is 4.75. The molecule has 2 unspecified atom stereocenters. The molecule has 2 aliphatic rings. The van der Waals surface area contributed by atoms with Crippen molar-refractivity contribution in [3.05, 3.63) is 0 Å². The summed E-state index contributed by atoms with van der Waals surface area (Å²) in [6.07, 6.45) is 8.54. The van der Waals surface area contributed by atoms with Crippen molar-refractivity contribution in [1.82, 2.24) is 5.32 Å². The van der Waals surface area contributed by atoms with E-state index in [0.29, 0.717) is 5.41 Å². The minimum atomic E-state index is 0.613. The smallest absolute Gasteiger partial charge is 0.00751 e. The summed E-state index contributed by atoms with van der Waals surface area (Å²) in [5.74, 6) is 0.843. The minimum absolute atomic E-state index is 0.613. The van der Waals surface area contributed by atoms with Gasteiger partial charge in [0.05, 0.1) is 0 Å². The Morgan fingerprint density at radius 3 is 2.29 bits per heavy atom. The van der Waals surface area contributed by atoms with E-state index >= 15 is 0 Å². The van der Waals surface area contributed by atoms with Crippen molar-refractivity contribution in [1.29, 1.82) is 0 Å². The first-order valence-corrected chi connectivity index (χ1v) is 6.36. The first-order valence-electron chi connectivity index (χ1n) is 6.36. The summed E-state index contributed by atoms with van der Waals surface area (Å²) in [4.78, 5) is 0. The molecular formula is C13H25N. The average Bonchev–Trinajstić information content (AvgIpc) is 2.42. The van der Waals surface area contributed by atoms with E-state index in [2.05, 4.69) is 26.1 Å². The molecule has 0 heterocycles. The molecule has 0 radical (unpaired) electrons. The highest BCUT2D eigenvalue weighted by Crippen LogP contribution is 2.44. The number of rotatable bonds is 3. The number of hydrogen-bond acceptors (Lipinski definition) is 1. The topological polar surface area (TPSA) is 12.0 Å². The molecule has 0 amide bonds. The van der Waals surface area contributed by atoms with Crippen LogP contribution in [0.15, 0.2) is 0 Å². The maximum absolute atomic E-state index is 3.83. The molecule has 0 bridgehead atoms. The second-order valence-electron chi connectivity index (χ2n) is 6.04. The monoisotopic (exact) mass is 195 g/mol. The molecule has 0 aromatic heterocycles. The lowest BCUT2D eigenvalue weighted by atomic mass is 9.77. The Kier molecular flexibility index (Phi) is 2.88. The van der Waals surface area contributed by atoms with Gasteiger partial charge in [-0.15, -0.1) is 0 Å². The summed E-state index contributed by atoms with van der Waals surface area (Å²) >= 11 is 0. The Hall–Kier alpha value is -0.0400. The van der Waals surface area contributed by atoms with Gasteiger partial charge in [0.2, 0.25) is 0 Å². The van der Waals surface area contributed by atoms with Gasteiger partial charge < -0.3 is 5.32 Å². The molecule has 0 aromatic rings. The van der Waals surface area contributed by atoms with Crippen LogP contribution in [-0.2, 0) is 0 Å². The van der Waals surface area contributed by atoms with E-state index in [9.17, 15) is 0 Å². The van der Waals surface area contributed by atoms with Gasteiger partial charge in [0.1, 0.15) is 0 Å². The molecule has 2 rings (SSSR count). The van der Waals surface area contributed by atoms with Crippen molar-refractivity contribution in [2.45, 2.75) is 71.4 Å². The zero-order chi connectivity index (χ0) is 10.2. The molecule has 14 heavy (non-hydrogen) atoms. The maximum Gasteiger partial charge on any atom is 0.00751 e. The minimum Gasteiger partial charge on any atom is -0.311 e. The normalized spacial score (nSPS) is 39.0. The predicted octanol–water partition coefficient (Wildman–Crippen LogP) is 3.34. The second kappa shape index (κ2) is 3.84. The fourth-order valence-corrected chi connectivity index (χ4v) is 2.85. The largest absolute Gasteiger partial charge is 0.311 e. The van der Waals surface area contributed by atoms with Crippen molar-refractivity contribution in [2.75, 3.05) is 0 Å². The van der Waals surface area contributed by atoms with Crippen LogP contribution >= 0.6 is 0 Å². The summed E-state index contributed by atoms with van der Waals surface area (Å²) in [6.45, 7) is 7.23. The molecule has 0 spiro atoms. The first kappa shape index (κ1) is 10.5. The highest BCUT2D eigenvalue weighted by Gasteiger charge is 2.38. The second-order valence-corrected chi connectivity index (χ2v) is 6.04. The zero-order valence-corrected chi connectivity index (χ0v) is 9.97. The Morgan fingerprint density at radius 2 is 1.86 bits per heavy atom. The molecule has 1 heteroatoms. The van der Waals surface area contributed by atoms with E-state index in [-0.39, 0.29) is 0 Å². The lowest BCUT2D eigenvalue weighted by molar-refractivity contribution is 0.213. The molecule has 2 saturated carbocycles. The van der Waals surface area contributed by atoms with Crippen molar-refractivity contribution in [2.24, 2.45) is 11.3 Å². The van der Waals surface area contributed by atoms with E-state index in [4.69, 9.17) is 0 Å². The predicted molar refractivity (Wildman–Crippen MR) is 61.4 cm³/mol. The highest BCUT2D eigenvalue weighted by atomic mass is 15.0. The fraction of sp³-hybridized carbons (Fsp3) is 1.00.